The molecule has 0 unspecified atom stereocenters. The van der Waals surface area contributed by atoms with E-state index < -0.39 is 10.0 Å². The third kappa shape index (κ3) is 2.38. The monoisotopic (exact) mass is 310 g/mol. The number of nitrogens with zero attached hydrogens (tertiary/aromatic N) is 4. The van der Waals surface area contributed by atoms with E-state index in [4.69, 9.17) is 0 Å². The second-order valence-corrected chi connectivity index (χ2v) is 6.70. The number of hydrogen-bond acceptors (Lipinski definition) is 6. The van der Waals surface area contributed by atoms with Gasteiger partial charge < -0.3 is 4.90 Å². The number of sulfonamides is 1. The number of piperazine rings is 1. The van der Waals surface area contributed by atoms with Gasteiger partial charge in [-0.05, 0) is 22.4 Å². The molecule has 9 heteroatoms. The summed E-state index contributed by atoms with van der Waals surface area (Å²) in [6, 6.07) is 4.73. The van der Waals surface area contributed by atoms with Crippen molar-refractivity contribution in [1.29, 1.82) is 0 Å². The lowest BCUT2D eigenvalue weighted by Crippen LogP contribution is -2.49. The summed E-state index contributed by atoms with van der Waals surface area (Å²) in [7, 11) is -3.67. The second-order valence-electron chi connectivity index (χ2n) is 4.80. The molecule has 1 fully saturated rings. The van der Waals surface area contributed by atoms with Crippen LogP contribution in [0.2, 0.25) is 0 Å². The van der Waals surface area contributed by atoms with E-state index in [0.717, 1.165) is 0 Å². The summed E-state index contributed by atoms with van der Waals surface area (Å²) >= 11 is 0. The Labute approximate surface area is 121 Å². The van der Waals surface area contributed by atoms with Crippen molar-refractivity contribution in [1.82, 2.24) is 19.5 Å². The maximum Gasteiger partial charge on any atom is 0.245 e. The van der Waals surface area contributed by atoms with Crippen molar-refractivity contribution in [3.05, 3.63) is 18.2 Å². The highest BCUT2D eigenvalue weighted by atomic mass is 32.2. The van der Waals surface area contributed by atoms with Gasteiger partial charge in [-0.25, -0.2) is 13.0 Å². The third-order valence-corrected chi connectivity index (χ3v) is 5.48. The quantitative estimate of drug-likeness (QED) is 0.779. The first-order valence-corrected chi connectivity index (χ1v) is 7.91. The fourth-order valence-corrected chi connectivity index (χ4v) is 3.93. The molecule has 8 nitrogen and oxygen atoms in total. The van der Waals surface area contributed by atoms with Gasteiger partial charge in [-0.3, -0.25) is 4.79 Å². The predicted octanol–water partition coefficient (Wildman–Crippen LogP) is 0.0756. The van der Waals surface area contributed by atoms with Crippen molar-refractivity contribution >= 4 is 27.0 Å². The average Bonchev–Trinajstić information content (AvgIpc) is 2.95. The highest BCUT2D eigenvalue weighted by Gasteiger charge is 2.31. The summed E-state index contributed by atoms with van der Waals surface area (Å²) in [6.07, 6.45) is 0. The van der Waals surface area contributed by atoms with E-state index in [-0.39, 0.29) is 29.4 Å². The highest BCUT2D eigenvalue weighted by molar-refractivity contribution is 7.89. The lowest BCUT2D eigenvalue weighted by atomic mass is 10.3. The molecule has 0 bridgehead atoms. The topological polar surface area (TPSA) is 96.6 Å². The molecule has 112 valence electrons. The van der Waals surface area contributed by atoms with Crippen molar-refractivity contribution in [2.75, 3.05) is 26.2 Å². The molecule has 1 saturated heterocycles. The van der Waals surface area contributed by atoms with Gasteiger partial charge in [-0.2, -0.15) is 4.31 Å². The van der Waals surface area contributed by atoms with Crippen LogP contribution in [0.1, 0.15) is 6.92 Å². The molecule has 1 aliphatic rings. The van der Waals surface area contributed by atoms with Gasteiger partial charge in [0, 0.05) is 33.1 Å². The fraction of sp³-hybridized carbons (Fsp3) is 0.417. The van der Waals surface area contributed by atoms with Crippen LogP contribution in [-0.2, 0) is 14.8 Å². The zero-order valence-corrected chi connectivity index (χ0v) is 12.2. The summed E-state index contributed by atoms with van der Waals surface area (Å²) in [5.74, 6) is -0.0464. The van der Waals surface area contributed by atoms with E-state index in [1.807, 2.05) is 0 Å². The average molecular weight is 310 g/mol. The summed E-state index contributed by atoms with van der Waals surface area (Å²) in [5.41, 5.74) is 0.630. The van der Waals surface area contributed by atoms with Gasteiger partial charge in [0.05, 0.1) is 0 Å². The normalized spacial score (nSPS) is 17.3. The molecule has 1 aromatic heterocycles. The molecule has 0 radical (unpaired) electrons. The molecule has 0 spiro atoms. The van der Waals surface area contributed by atoms with Crippen molar-refractivity contribution in [2.24, 2.45) is 0 Å². The molecule has 1 aliphatic heterocycles. The Morgan fingerprint density at radius 1 is 1.19 bits per heavy atom. The molecule has 1 amide bonds. The first-order valence-electron chi connectivity index (χ1n) is 6.47. The van der Waals surface area contributed by atoms with Gasteiger partial charge in [0.1, 0.15) is 10.4 Å². The van der Waals surface area contributed by atoms with E-state index in [1.54, 1.807) is 17.0 Å². The van der Waals surface area contributed by atoms with Gasteiger partial charge in [0.2, 0.25) is 15.9 Å². The molecular weight excluding hydrogens is 296 g/mol. The smallest absolute Gasteiger partial charge is 0.245 e. The molecule has 0 atom stereocenters. The number of benzene rings is 1. The van der Waals surface area contributed by atoms with Crippen LogP contribution >= 0.6 is 0 Å². The molecule has 2 heterocycles. The lowest BCUT2D eigenvalue weighted by Gasteiger charge is -2.33. The largest absolute Gasteiger partial charge is 0.340 e. The summed E-state index contributed by atoms with van der Waals surface area (Å²) < 4.78 is 31.3. The number of hydrogen-bond donors (Lipinski definition) is 0. The van der Waals surface area contributed by atoms with Crippen LogP contribution in [-0.4, -0.2) is 60.0 Å². The van der Waals surface area contributed by atoms with Crippen molar-refractivity contribution < 1.29 is 17.8 Å². The van der Waals surface area contributed by atoms with Crippen LogP contribution in [0.25, 0.3) is 11.0 Å². The second kappa shape index (κ2) is 5.08. The molecule has 2 aromatic rings. The third-order valence-electron chi connectivity index (χ3n) is 3.55. The zero-order chi connectivity index (χ0) is 15.0. The number of rotatable bonds is 2. The molecule has 0 aliphatic carbocycles. The van der Waals surface area contributed by atoms with Gasteiger partial charge in [-0.15, -0.1) is 0 Å². The fourth-order valence-electron chi connectivity index (χ4n) is 2.37. The number of amides is 1. The van der Waals surface area contributed by atoms with Crippen molar-refractivity contribution in [3.63, 3.8) is 0 Å². The van der Waals surface area contributed by atoms with E-state index in [2.05, 4.69) is 14.9 Å². The summed E-state index contributed by atoms with van der Waals surface area (Å²) in [5, 5.41) is 7.32. The minimum atomic E-state index is -3.67. The highest BCUT2D eigenvalue weighted by Crippen LogP contribution is 2.24. The predicted molar refractivity (Wildman–Crippen MR) is 72.8 cm³/mol. The number of carbonyl (C=O) groups excluding carboxylic acids is 1. The Balaban J connectivity index is 1.91. The number of carbonyl (C=O) groups is 1. The minimum absolute atomic E-state index is 0.0464. The van der Waals surface area contributed by atoms with E-state index in [0.29, 0.717) is 18.6 Å². The van der Waals surface area contributed by atoms with E-state index in [1.165, 1.54) is 17.3 Å². The molecule has 0 saturated carbocycles. The van der Waals surface area contributed by atoms with Crippen LogP contribution < -0.4 is 0 Å². The molecule has 1 aromatic carbocycles. The van der Waals surface area contributed by atoms with Crippen LogP contribution in [0.3, 0.4) is 0 Å². The van der Waals surface area contributed by atoms with Crippen LogP contribution in [0.15, 0.2) is 27.7 Å². The maximum absolute atomic E-state index is 12.7. The Bertz CT molecular complexity index is 777. The standard InChI is InChI=1S/C12H14N4O4S/c1-9(17)15-5-7-16(8-6-15)21(18,19)11-4-2-3-10-12(11)14-20-13-10/h2-4H,5-8H2,1H3. The maximum atomic E-state index is 12.7. The Morgan fingerprint density at radius 3 is 2.57 bits per heavy atom. The number of aromatic nitrogens is 2. The van der Waals surface area contributed by atoms with Crippen LogP contribution in [0.4, 0.5) is 0 Å². The zero-order valence-electron chi connectivity index (χ0n) is 11.4. The molecular formula is C12H14N4O4S. The van der Waals surface area contributed by atoms with Gasteiger partial charge >= 0.3 is 0 Å². The van der Waals surface area contributed by atoms with E-state index in [9.17, 15) is 13.2 Å². The molecule has 3 rings (SSSR count). The van der Waals surface area contributed by atoms with Crippen LogP contribution in [0.5, 0.6) is 0 Å². The first kappa shape index (κ1) is 14.0. The number of fused-ring (bicyclic) bond motifs is 1. The van der Waals surface area contributed by atoms with Gasteiger partial charge in [0.25, 0.3) is 0 Å². The summed E-state index contributed by atoms with van der Waals surface area (Å²) in [4.78, 5) is 13.0. The molecule has 0 N–H and O–H groups in total. The van der Waals surface area contributed by atoms with Crippen LogP contribution in [0, 0.1) is 0 Å². The Kier molecular flexibility index (Phi) is 3.38. The van der Waals surface area contributed by atoms with Crippen molar-refractivity contribution in [3.8, 4) is 0 Å². The van der Waals surface area contributed by atoms with Gasteiger partial charge in [0.15, 0.2) is 5.52 Å². The lowest BCUT2D eigenvalue weighted by molar-refractivity contribution is -0.129. The Hall–Kier alpha value is -2.00. The first-order chi connectivity index (χ1) is 10.00. The minimum Gasteiger partial charge on any atom is -0.340 e. The van der Waals surface area contributed by atoms with E-state index >= 15 is 0 Å². The Morgan fingerprint density at radius 2 is 1.90 bits per heavy atom. The summed E-state index contributed by atoms with van der Waals surface area (Å²) in [6.45, 7) is 2.79. The van der Waals surface area contributed by atoms with Crippen molar-refractivity contribution in [2.45, 2.75) is 11.8 Å². The SMILES string of the molecule is CC(=O)N1CCN(S(=O)(=O)c2cccc3nonc23)CC1. The van der Waals surface area contributed by atoms with Gasteiger partial charge in [-0.1, -0.05) is 6.07 Å². The molecule has 21 heavy (non-hydrogen) atoms.